The van der Waals surface area contributed by atoms with Gasteiger partial charge in [0.25, 0.3) is 0 Å². The lowest BCUT2D eigenvalue weighted by Gasteiger charge is -2.09. The van der Waals surface area contributed by atoms with Crippen molar-refractivity contribution in [3.05, 3.63) is 0 Å². The van der Waals surface area contributed by atoms with Gasteiger partial charge in [-0.05, 0) is 6.92 Å². The second kappa shape index (κ2) is 2.96. The summed E-state index contributed by atoms with van der Waals surface area (Å²) in [7, 11) is 0. The van der Waals surface area contributed by atoms with Crippen LogP contribution in [0.2, 0.25) is 0 Å². The molecule has 0 heterocycles. The Morgan fingerprint density at radius 2 is 2.14 bits per heavy atom. The van der Waals surface area contributed by atoms with Crippen LogP contribution in [0.15, 0.2) is 0 Å². The van der Waals surface area contributed by atoms with E-state index >= 15 is 0 Å². The third kappa shape index (κ3) is 2.56. The topological polar surface area (TPSA) is 72.3 Å². The first kappa shape index (κ1) is 6.88. The van der Waals surface area contributed by atoms with Gasteiger partial charge in [0, 0.05) is 12.6 Å². The Hall–Kier alpha value is -0.120. The molecule has 2 atom stereocenters. The molecule has 0 radical (unpaired) electrons. The normalized spacial score (nSPS) is 18.9. The minimum Gasteiger partial charge on any atom is -0.392 e. The molecule has 0 rings (SSSR count). The van der Waals surface area contributed by atoms with Crippen LogP contribution in [0.4, 0.5) is 0 Å². The Labute approximate surface area is 43.3 Å². The van der Waals surface area contributed by atoms with Crippen molar-refractivity contribution in [3.8, 4) is 0 Å². The zero-order chi connectivity index (χ0) is 5.86. The van der Waals surface area contributed by atoms with Crippen molar-refractivity contribution in [1.29, 1.82) is 0 Å². The van der Waals surface area contributed by atoms with Gasteiger partial charge in [0.05, 0.1) is 6.10 Å². The number of hydrogen-bond donors (Lipinski definition) is 3. The van der Waals surface area contributed by atoms with Gasteiger partial charge in [-0.3, -0.25) is 0 Å². The molecule has 0 aliphatic rings. The average molecular weight is 104 g/mol. The van der Waals surface area contributed by atoms with Gasteiger partial charge in [0.2, 0.25) is 0 Å². The Morgan fingerprint density at radius 3 is 2.14 bits per heavy atom. The molecule has 0 aliphatic heterocycles. The van der Waals surface area contributed by atoms with E-state index in [0.29, 0.717) is 6.54 Å². The molecule has 0 aromatic heterocycles. The van der Waals surface area contributed by atoms with E-state index in [1.54, 1.807) is 6.92 Å². The van der Waals surface area contributed by atoms with Crippen LogP contribution in [0.1, 0.15) is 6.92 Å². The van der Waals surface area contributed by atoms with Gasteiger partial charge in [-0.15, -0.1) is 0 Å². The summed E-state index contributed by atoms with van der Waals surface area (Å²) in [5, 5.41) is 8.62. The van der Waals surface area contributed by atoms with Crippen LogP contribution in [0, 0.1) is 0 Å². The van der Waals surface area contributed by atoms with Gasteiger partial charge >= 0.3 is 0 Å². The van der Waals surface area contributed by atoms with Crippen LogP contribution < -0.4 is 11.5 Å². The smallest absolute Gasteiger partial charge is 0.0675 e. The minimum absolute atomic E-state index is 0.264. The van der Waals surface area contributed by atoms with E-state index in [-0.39, 0.29) is 6.04 Å². The van der Waals surface area contributed by atoms with Gasteiger partial charge < -0.3 is 16.6 Å². The molecule has 0 aliphatic carbocycles. The van der Waals surface area contributed by atoms with Crippen molar-refractivity contribution in [1.82, 2.24) is 0 Å². The summed E-state index contributed by atoms with van der Waals surface area (Å²) in [6.45, 7) is 1.97. The molecule has 3 nitrogen and oxygen atoms in total. The highest BCUT2D eigenvalue weighted by Crippen LogP contribution is 1.81. The molecule has 0 fully saturated rings. The van der Waals surface area contributed by atoms with Crippen molar-refractivity contribution < 1.29 is 5.11 Å². The van der Waals surface area contributed by atoms with Crippen LogP contribution in [-0.2, 0) is 0 Å². The van der Waals surface area contributed by atoms with E-state index in [0.717, 1.165) is 0 Å². The Morgan fingerprint density at radius 1 is 1.71 bits per heavy atom. The summed E-state index contributed by atoms with van der Waals surface area (Å²) in [6.07, 6.45) is -0.481. The van der Waals surface area contributed by atoms with Crippen molar-refractivity contribution in [2.45, 2.75) is 19.1 Å². The van der Waals surface area contributed by atoms with Crippen molar-refractivity contribution in [3.63, 3.8) is 0 Å². The highest BCUT2D eigenvalue weighted by molar-refractivity contribution is 4.66. The maximum absolute atomic E-state index is 8.62. The molecular formula is C4H12N2O. The van der Waals surface area contributed by atoms with Crippen LogP contribution in [0.25, 0.3) is 0 Å². The lowest BCUT2D eigenvalue weighted by Crippen LogP contribution is -2.39. The third-order valence-electron chi connectivity index (χ3n) is 0.892. The summed E-state index contributed by atoms with van der Waals surface area (Å²) in [4.78, 5) is 0. The average Bonchev–Trinajstić information content (AvgIpc) is 1.65. The highest BCUT2D eigenvalue weighted by atomic mass is 16.3. The molecule has 0 saturated carbocycles. The van der Waals surface area contributed by atoms with Gasteiger partial charge in [0.1, 0.15) is 0 Å². The van der Waals surface area contributed by atoms with E-state index in [9.17, 15) is 0 Å². The van der Waals surface area contributed by atoms with Crippen molar-refractivity contribution >= 4 is 0 Å². The predicted molar refractivity (Wildman–Crippen MR) is 28.7 cm³/mol. The van der Waals surface area contributed by atoms with Gasteiger partial charge in [-0.1, -0.05) is 0 Å². The first-order valence-corrected chi connectivity index (χ1v) is 2.32. The molecule has 0 aromatic carbocycles. The number of rotatable bonds is 2. The van der Waals surface area contributed by atoms with Crippen LogP contribution in [0.5, 0.6) is 0 Å². The fourth-order valence-electron chi connectivity index (χ4n) is 0.197. The summed E-state index contributed by atoms with van der Waals surface area (Å²) < 4.78 is 0. The summed E-state index contributed by atoms with van der Waals surface area (Å²) >= 11 is 0. The SMILES string of the molecule is C[C@@H](O)[C@@H](N)CN. The standard InChI is InChI=1S/C4H12N2O/c1-3(7)4(6)2-5/h3-4,7H,2,5-6H2,1H3/t3-,4+/m1/s1. The Balaban J connectivity index is 3.14. The zero-order valence-electron chi connectivity index (χ0n) is 4.46. The fraction of sp³-hybridized carbons (Fsp3) is 1.00. The van der Waals surface area contributed by atoms with E-state index in [1.165, 1.54) is 0 Å². The van der Waals surface area contributed by atoms with Gasteiger partial charge in [-0.2, -0.15) is 0 Å². The lowest BCUT2D eigenvalue weighted by atomic mass is 10.2. The van der Waals surface area contributed by atoms with Crippen LogP contribution >= 0.6 is 0 Å². The molecule has 44 valence electrons. The maximum Gasteiger partial charge on any atom is 0.0675 e. The van der Waals surface area contributed by atoms with Gasteiger partial charge in [-0.25, -0.2) is 0 Å². The van der Waals surface area contributed by atoms with E-state index in [2.05, 4.69) is 0 Å². The largest absolute Gasteiger partial charge is 0.392 e. The van der Waals surface area contributed by atoms with E-state index in [4.69, 9.17) is 16.6 Å². The van der Waals surface area contributed by atoms with E-state index < -0.39 is 6.10 Å². The molecule has 7 heavy (non-hydrogen) atoms. The summed E-state index contributed by atoms with van der Waals surface area (Å²) in [5.74, 6) is 0. The molecule has 3 heteroatoms. The fourth-order valence-corrected chi connectivity index (χ4v) is 0.197. The van der Waals surface area contributed by atoms with Crippen LogP contribution in [-0.4, -0.2) is 23.8 Å². The quantitative estimate of drug-likeness (QED) is 0.405. The minimum atomic E-state index is -0.481. The predicted octanol–water partition coefficient (Wildman–Crippen LogP) is -1.35. The van der Waals surface area contributed by atoms with Crippen molar-refractivity contribution in [2.24, 2.45) is 11.5 Å². The molecule has 0 spiro atoms. The Kier molecular flexibility index (Phi) is 2.91. The van der Waals surface area contributed by atoms with Crippen LogP contribution in [0.3, 0.4) is 0 Å². The second-order valence-electron chi connectivity index (χ2n) is 1.64. The second-order valence-corrected chi connectivity index (χ2v) is 1.64. The molecule has 0 amide bonds. The first-order valence-electron chi connectivity index (χ1n) is 2.32. The van der Waals surface area contributed by atoms with Gasteiger partial charge in [0.15, 0.2) is 0 Å². The number of aliphatic hydroxyl groups excluding tert-OH is 1. The number of nitrogens with two attached hydrogens (primary N) is 2. The number of hydrogen-bond acceptors (Lipinski definition) is 3. The summed E-state index contributed by atoms with van der Waals surface area (Å²) in [6, 6.07) is -0.264. The molecule has 0 bridgehead atoms. The number of aliphatic hydroxyl groups is 1. The zero-order valence-corrected chi connectivity index (χ0v) is 4.46. The molecule has 0 aromatic rings. The van der Waals surface area contributed by atoms with Crippen molar-refractivity contribution in [2.75, 3.05) is 6.54 Å². The molecule has 0 saturated heterocycles. The lowest BCUT2D eigenvalue weighted by molar-refractivity contribution is 0.166. The Bertz CT molecular complexity index is 47.0. The first-order chi connectivity index (χ1) is 3.18. The highest BCUT2D eigenvalue weighted by Gasteiger charge is 2.03. The third-order valence-corrected chi connectivity index (χ3v) is 0.892. The van der Waals surface area contributed by atoms with E-state index in [1.807, 2.05) is 0 Å². The maximum atomic E-state index is 8.62. The monoisotopic (exact) mass is 104 g/mol. The summed E-state index contributed by atoms with van der Waals surface area (Å²) in [5.41, 5.74) is 10.3. The molecule has 0 unspecified atom stereocenters. The molecular weight excluding hydrogens is 92.1 g/mol. The molecule has 5 N–H and O–H groups in total.